The minimum Gasteiger partial charge on any atom is -0.465 e. The predicted molar refractivity (Wildman–Crippen MR) is 167 cm³/mol. The summed E-state index contributed by atoms with van der Waals surface area (Å²) < 4.78 is 8.00. The van der Waals surface area contributed by atoms with E-state index in [-0.39, 0.29) is 11.8 Å². The van der Waals surface area contributed by atoms with E-state index in [0.29, 0.717) is 37.1 Å². The van der Waals surface area contributed by atoms with Crippen LogP contribution in [-0.4, -0.2) is 49.2 Å². The van der Waals surface area contributed by atoms with Gasteiger partial charge in [-0.05, 0) is 64.9 Å². The lowest BCUT2D eigenvalue weighted by Gasteiger charge is -2.14. The van der Waals surface area contributed by atoms with Crippen molar-refractivity contribution in [3.8, 4) is 28.5 Å². The van der Waals surface area contributed by atoms with Gasteiger partial charge >= 0.3 is 0 Å². The molecule has 43 heavy (non-hydrogen) atoms. The van der Waals surface area contributed by atoms with Gasteiger partial charge in [0.1, 0.15) is 0 Å². The highest BCUT2D eigenvalue weighted by Gasteiger charge is 2.18. The van der Waals surface area contributed by atoms with Crippen LogP contribution in [0.3, 0.4) is 0 Å². The van der Waals surface area contributed by atoms with Crippen LogP contribution < -0.4 is 10.1 Å². The quantitative estimate of drug-likeness (QED) is 0.203. The number of fused-ring (bicyclic) bond motifs is 1. The van der Waals surface area contributed by atoms with Gasteiger partial charge in [-0.2, -0.15) is 10.2 Å². The van der Waals surface area contributed by atoms with E-state index >= 15 is 0 Å². The summed E-state index contributed by atoms with van der Waals surface area (Å²) in [6.45, 7) is 7.61. The molecule has 2 N–H and O–H groups in total. The highest BCUT2D eigenvalue weighted by atomic mass is 16.5. The van der Waals surface area contributed by atoms with Gasteiger partial charge in [-0.1, -0.05) is 85.8 Å². The van der Waals surface area contributed by atoms with Gasteiger partial charge in [0.15, 0.2) is 0 Å². The van der Waals surface area contributed by atoms with Crippen molar-refractivity contribution in [1.29, 1.82) is 0 Å². The summed E-state index contributed by atoms with van der Waals surface area (Å²) in [6, 6.07) is 30.9. The number of aromatic nitrogens is 6. The molecular formula is C34H33N7O2. The lowest BCUT2D eigenvalue weighted by Crippen LogP contribution is -2.27. The molecule has 216 valence electrons. The maximum atomic E-state index is 13.3. The van der Waals surface area contributed by atoms with Crippen molar-refractivity contribution >= 4 is 16.9 Å². The number of hydrogen-bond acceptors (Lipinski definition) is 6. The van der Waals surface area contributed by atoms with Gasteiger partial charge in [0.2, 0.25) is 5.82 Å². The molecule has 0 saturated carbocycles. The fourth-order valence-electron chi connectivity index (χ4n) is 5.32. The normalized spacial score (nSPS) is 11.9. The summed E-state index contributed by atoms with van der Waals surface area (Å²) in [6.07, 6.45) is 0. The van der Waals surface area contributed by atoms with E-state index in [0.717, 1.165) is 38.9 Å². The largest absolute Gasteiger partial charge is 0.465 e. The molecule has 0 radical (unpaired) electrons. The summed E-state index contributed by atoms with van der Waals surface area (Å²) in [5, 5.41) is 17.7. The average molecular weight is 572 g/mol. The fourth-order valence-corrected chi connectivity index (χ4v) is 5.32. The number of amides is 1. The second-order valence-electron chi connectivity index (χ2n) is 10.6. The molecule has 0 bridgehead atoms. The highest BCUT2D eigenvalue weighted by molar-refractivity contribution is 5.98. The first-order valence-corrected chi connectivity index (χ1v) is 14.4. The highest BCUT2D eigenvalue weighted by Crippen LogP contribution is 2.31. The molecule has 2 heterocycles. The third-order valence-corrected chi connectivity index (χ3v) is 7.60. The monoisotopic (exact) mass is 571 g/mol. The first-order valence-electron chi connectivity index (χ1n) is 14.4. The number of nitrogens with zero attached hydrogens (tertiary/aromatic N) is 5. The Bertz CT molecular complexity index is 1850. The zero-order valence-electron chi connectivity index (χ0n) is 24.4. The summed E-state index contributed by atoms with van der Waals surface area (Å²) in [4.78, 5) is 18.1. The Morgan fingerprint density at radius 3 is 2.44 bits per heavy atom. The van der Waals surface area contributed by atoms with Crippen molar-refractivity contribution in [3.63, 3.8) is 0 Å². The van der Waals surface area contributed by atoms with Crippen LogP contribution in [0.4, 0.5) is 0 Å². The summed E-state index contributed by atoms with van der Waals surface area (Å²) in [5.41, 5.74) is 8.44. The number of tetrazole rings is 1. The molecule has 0 aliphatic heterocycles. The number of carbonyl (C=O) groups is 1. The molecule has 6 aromatic rings. The van der Waals surface area contributed by atoms with E-state index in [1.807, 2.05) is 73.0 Å². The maximum absolute atomic E-state index is 13.3. The Balaban J connectivity index is 1.27. The van der Waals surface area contributed by atoms with Crippen LogP contribution in [0.15, 0.2) is 91.0 Å². The van der Waals surface area contributed by atoms with E-state index in [1.165, 1.54) is 5.56 Å². The van der Waals surface area contributed by atoms with Gasteiger partial charge in [0.05, 0.1) is 24.2 Å². The molecule has 0 unspecified atom stereocenters. The van der Waals surface area contributed by atoms with E-state index in [9.17, 15) is 4.79 Å². The zero-order valence-corrected chi connectivity index (χ0v) is 24.4. The Labute approximate surface area is 249 Å². The van der Waals surface area contributed by atoms with Gasteiger partial charge in [0, 0.05) is 17.7 Å². The van der Waals surface area contributed by atoms with E-state index < -0.39 is 0 Å². The first kappa shape index (κ1) is 27.8. The second-order valence-corrected chi connectivity index (χ2v) is 10.6. The van der Waals surface area contributed by atoms with Crippen LogP contribution in [0.25, 0.3) is 33.5 Å². The molecule has 1 atom stereocenters. The standard InChI is InChI=1S/C34H33N7O2/c1-4-43-34-36-31-22(2)18-27(33(42)35-20-23(3)25-10-6-5-7-11-25)19-30(31)41(34)21-24-14-16-26(17-15-24)28-12-8-9-13-29(28)32-37-39-40-38-32/h5-19,23H,4,20-21H2,1-3H3,(H,35,42)(H,37,38,39,40)/t23-/m0/s1. The number of imidazole rings is 1. The molecular weight excluding hydrogens is 538 g/mol. The molecule has 6 rings (SSSR count). The molecule has 9 nitrogen and oxygen atoms in total. The van der Waals surface area contributed by atoms with Gasteiger partial charge in [0.25, 0.3) is 11.9 Å². The van der Waals surface area contributed by atoms with Crippen molar-refractivity contribution in [3.05, 3.63) is 113 Å². The third kappa shape index (κ3) is 5.88. The second kappa shape index (κ2) is 12.3. The lowest BCUT2D eigenvalue weighted by atomic mass is 9.98. The lowest BCUT2D eigenvalue weighted by molar-refractivity contribution is 0.0951. The number of carbonyl (C=O) groups excluding carboxylic acids is 1. The molecule has 0 aliphatic carbocycles. The van der Waals surface area contributed by atoms with Crippen LogP contribution in [0.5, 0.6) is 6.01 Å². The topological polar surface area (TPSA) is 111 Å². The van der Waals surface area contributed by atoms with E-state index in [4.69, 9.17) is 9.72 Å². The van der Waals surface area contributed by atoms with Crippen LogP contribution in [0.1, 0.15) is 46.8 Å². The summed E-state index contributed by atoms with van der Waals surface area (Å²) >= 11 is 0. The van der Waals surface area contributed by atoms with Crippen LogP contribution in [0, 0.1) is 6.92 Å². The molecule has 9 heteroatoms. The predicted octanol–water partition coefficient (Wildman–Crippen LogP) is 6.17. The SMILES string of the molecule is CCOc1nc2c(C)cc(C(=O)NC[C@H](C)c3ccccc3)cc2n1Cc1ccc(-c2ccccc2-c2nn[nH]n2)cc1. The smallest absolute Gasteiger partial charge is 0.297 e. The summed E-state index contributed by atoms with van der Waals surface area (Å²) in [5.74, 6) is 0.644. The van der Waals surface area contributed by atoms with Gasteiger partial charge < -0.3 is 10.1 Å². The van der Waals surface area contributed by atoms with Crippen molar-refractivity contribution < 1.29 is 9.53 Å². The Kier molecular flexibility index (Phi) is 7.95. The van der Waals surface area contributed by atoms with Gasteiger partial charge in [-0.15, -0.1) is 10.2 Å². The number of nitrogens with one attached hydrogen (secondary N) is 2. The summed E-state index contributed by atoms with van der Waals surface area (Å²) in [7, 11) is 0. The van der Waals surface area contributed by atoms with E-state index in [2.05, 4.69) is 69.3 Å². The van der Waals surface area contributed by atoms with E-state index in [1.54, 1.807) is 0 Å². The third-order valence-electron chi connectivity index (χ3n) is 7.60. The Hall–Kier alpha value is -5.31. The van der Waals surface area contributed by atoms with Crippen LogP contribution >= 0.6 is 0 Å². The number of aryl methyl sites for hydroxylation is 1. The van der Waals surface area contributed by atoms with Crippen LogP contribution in [0.2, 0.25) is 0 Å². The molecule has 2 aromatic heterocycles. The first-order chi connectivity index (χ1) is 21.0. The number of rotatable bonds is 10. The molecule has 4 aromatic carbocycles. The van der Waals surface area contributed by atoms with Crippen molar-refractivity contribution in [2.75, 3.05) is 13.2 Å². The molecule has 0 fully saturated rings. The minimum atomic E-state index is -0.108. The number of ether oxygens (including phenoxy) is 1. The fraction of sp³-hybridized carbons (Fsp3) is 0.206. The Morgan fingerprint density at radius 2 is 1.72 bits per heavy atom. The average Bonchev–Trinajstić information content (AvgIpc) is 3.70. The number of hydrogen-bond donors (Lipinski definition) is 2. The molecule has 1 amide bonds. The van der Waals surface area contributed by atoms with Crippen molar-refractivity contribution in [1.82, 2.24) is 35.5 Å². The van der Waals surface area contributed by atoms with Gasteiger partial charge in [-0.25, -0.2) is 0 Å². The maximum Gasteiger partial charge on any atom is 0.297 e. The molecule has 0 saturated heterocycles. The van der Waals surface area contributed by atoms with Gasteiger partial charge in [-0.3, -0.25) is 9.36 Å². The Morgan fingerprint density at radius 1 is 0.977 bits per heavy atom. The molecule has 0 spiro atoms. The number of H-pyrrole nitrogens is 1. The van der Waals surface area contributed by atoms with Crippen LogP contribution in [-0.2, 0) is 6.54 Å². The minimum absolute atomic E-state index is 0.108. The van der Waals surface area contributed by atoms with Crippen molar-refractivity contribution in [2.45, 2.75) is 33.2 Å². The van der Waals surface area contributed by atoms with Crippen molar-refractivity contribution in [2.24, 2.45) is 0 Å². The molecule has 0 aliphatic rings. The number of benzene rings is 4. The zero-order chi connectivity index (χ0) is 29.8. The number of aromatic amines is 1.